The van der Waals surface area contributed by atoms with E-state index in [0.717, 1.165) is 12.8 Å². The van der Waals surface area contributed by atoms with Gasteiger partial charge in [-0.1, -0.05) is 64.7 Å². The molecular formula is C22H42NO3. The summed E-state index contributed by atoms with van der Waals surface area (Å²) in [6.07, 6.45) is 14.2. The molecule has 4 heteroatoms. The van der Waals surface area contributed by atoms with Gasteiger partial charge in [-0.05, 0) is 34.1 Å². The zero-order valence-electron chi connectivity index (χ0n) is 17.9. The first-order valence-corrected chi connectivity index (χ1v) is 10.9. The van der Waals surface area contributed by atoms with Crippen molar-refractivity contribution in [2.24, 2.45) is 0 Å². The summed E-state index contributed by atoms with van der Waals surface area (Å²) in [4.78, 5) is 12.1. The van der Waals surface area contributed by atoms with Gasteiger partial charge in [-0.25, -0.2) is 0 Å². The quantitative estimate of drug-likeness (QED) is 0.304. The predicted octanol–water partition coefficient (Wildman–Crippen LogP) is 6.21. The molecule has 0 aliphatic carbocycles. The molecule has 1 heterocycles. The number of nitrogens with zero attached hydrogens (tertiary/aromatic N) is 1. The summed E-state index contributed by atoms with van der Waals surface area (Å²) in [7, 11) is 0. The lowest BCUT2D eigenvalue weighted by Gasteiger charge is -2.49. The molecule has 26 heavy (non-hydrogen) atoms. The minimum Gasteiger partial charge on any atom is -0.462 e. The zero-order chi connectivity index (χ0) is 19.6. The van der Waals surface area contributed by atoms with E-state index in [9.17, 15) is 10.0 Å². The van der Waals surface area contributed by atoms with Crippen molar-refractivity contribution >= 4 is 5.97 Å². The van der Waals surface area contributed by atoms with E-state index in [2.05, 4.69) is 6.92 Å². The number of rotatable bonds is 12. The highest BCUT2D eigenvalue weighted by molar-refractivity contribution is 5.69. The van der Waals surface area contributed by atoms with E-state index in [1.165, 1.54) is 56.4 Å². The highest BCUT2D eigenvalue weighted by Crippen LogP contribution is 2.38. The van der Waals surface area contributed by atoms with Crippen molar-refractivity contribution in [1.29, 1.82) is 0 Å². The van der Waals surface area contributed by atoms with Crippen LogP contribution in [0.25, 0.3) is 0 Å². The van der Waals surface area contributed by atoms with E-state index in [4.69, 9.17) is 4.74 Å². The maximum atomic E-state index is 12.3. The van der Waals surface area contributed by atoms with Crippen LogP contribution in [0.2, 0.25) is 0 Å². The molecule has 0 bridgehead atoms. The van der Waals surface area contributed by atoms with Crippen LogP contribution in [0.1, 0.15) is 118 Å². The Bertz CT molecular complexity index is 388. The summed E-state index contributed by atoms with van der Waals surface area (Å²) in [5.41, 5.74) is -0.965. The van der Waals surface area contributed by atoms with Crippen molar-refractivity contribution < 1.29 is 14.7 Å². The molecule has 0 amide bonds. The zero-order valence-corrected chi connectivity index (χ0v) is 17.9. The molecule has 1 rings (SSSR count). The van der Waals surface area contributed by atoms with Crippen LogP contribution in [0.3, 0.4) is 0 Å². The van der Waals surface area contributed by atoms with Crippen molar-refractivity contribution in [3.8, 4) is 0 Å². The van der Waals surface area contributed by atoms with Crippen LogP contribution in [0.4, 0.5) is 0 Å². The van der Waals surface area contributed by atoms with Gasteiger partial charge in [0.15, 0.2) is 0 Å². The number of ether oxygens (including phenoxy) is 1. The fourth-order valence-electron chi connectivity index (χ4n) is 4.26. The minimum absolute atomic E-state index is 0.0967. The Morgan fingerprint density at radius 3 is 1.73 bits per heavy atom. The van der Waals surface area contributed by atoms with Gasteiger partial charge in [0.25, 0.3) is 0 Å². The molecule has 153 valence electrons. The second kappa shape index (κ2) is 11.3. The lowest BCUT2D eigenvalue weighted by Crippen LogP contribution is -2.60. The largest absolute Gasteiger partial charge is 0.462 e. The maximum absolute atomic E-state index is 12.3. The highest BCUT2D eigenvalue weighted by Gasteiger charge is 2.47. The Hall–Kier alpha value is -0.610. The molecule has 0 unspecified atom stereocenters. The molecule has 1 aliphatic heterocycles. The minimum atomic E-state index is -0.482. The van der Waals surface area contributed by atoms with Crippen molar-refractivity contribution in [1.82, 2.24) is 5.06 Å². The number of carbonyl (C=O) groups excluding carboxylic acids is 1. The molecule has 0 atom stereocenters. The van der Waals surface area contributed by atoms with Gasteiger partial charge in [0.1, 0.15) is 6.10 Å². The summed E-state index contributed by atoms with van der Waals surface area (Å²) in [6.45, 7) is 9.99. The Balaban J connectivity index is 2.12. The van der Waals surface area contributed by atoms with Crippen LogP contribution in [0, 0.1) is 0 Å². The first-order chi connectivity index (χ1) is 12.2. The molecule has 1 fully saturated rings. The Labute approximate surface area is 161 Å². The number of piperidine rings is 1. The van der Waals surface area contributed by atoms with E-state index < -0.39 is 11.1 Å². The fraction of sp³-hybridized carbons (Fsp3) is 0.955. The molecule has 0 aromatic rings. The highest BCUT2D eigenvalue weighted by atomic mass is 16.5. The van der Waals surface area contributed by atoms with Gasteiger partial charge in [0.05, 0.1) is 0 Å². The normalized spacial score (nSPS) is 20.2. The van der Waals surface area contributed by atoms with Gasteiger partial charge in [0, 0.05) is 30.3 Å². The standard InChI is InChI=1S/C22H42NO3/c1-6-7-8-9-10-11-12-13-14-15-16-20(24)26-19-17-21(2,3)23(25)22(4,5)18-19/h19H,6-18H2,1-5H3. The third-order valence-corrected chi connectivity index (χ3v) is 5.59. The van der Waals surface area contributed by atoms with Crippen LogP contribution in [0.5, 0.6) is 0 Å². The van der Waals surface area contributed by atoms with Crippen LogP contribution in [-0.4, -0.2) is 28.2 Å². The summed E-state index contributed by atoms with van der Waals surface area (Å²) in [6, 6.07) is 0. The van der Waals surface area contributed by atoms with Crippen LogP contribution in [0.15, 0.2) is 0 Å². The first-order valence-electron chi connectivity index (χ1n) is 10.9. The van der Waals surface area contributed by atoms with E-state index in [-0.39, 0.29) is 12.1 Å². The average molecular weight is 369 g/mol. The monoisotopic (exact) mass is 368 g/mol. The second-order valence-corrected chi connectivity index (χ2v) is 9.37. The number of esters is 1. The molecule has 0 N–H and O–H groups in total. The van der Waals surface area contributed by atoms with E-state index in [0.29, 0.717) is 19.3 Å². The SMILES string of the molecule is CCCCCCCCCCCCC(=O)OC1CC(C)(C)N([O])C(C)(C)C1. The number of hydrogen-bond acceptors (Lipinski definition) is 3. The lowest BCUT2D eigenvalue weighted by molar-refractivity contribution is -0.299. The Kier molecular flexibility index (Phi) is 10.2. The van der Waals surface area contributed by atoms with E-state index in [1.54, 1.807) is 0 Å². The Morgan fingerprint density at radius 2 is 1.27 bits per heavy atom. The van der Waals surface area contributed by atoms with E-state index >= 15 is 0 Å². The van der Waals surface area contributed by atoms with Gasteiger partial charge in [-0.2, -0.15) is 0 Å². The molecule has 0 aromatic carbocycles. The van der Waals surface area contributed by atoms with Crippen molar-refractivity contribution in [2.75, 3.05) is 0 Å². The van der Waals surface area contributed by atoms with Gasteiger partial charge in [-0.3, -0.25) is 4.79 Å². The smallest absolute Gasteiger partial charge is 0.306 e. The van der Waals surface area contributed by atoms with Crippen molar-refractivity contribution in [3.63, 3.8) is 0 Å². The van der Waals surface area contributed by atoms with Gasteiger partial charge < -0.3 is 4.74 Å². The summed E-state index contributed by atoms with van der Waals surface area (Å²) < 4.78 is 5.69. The van der Waals surface area contributed by atoms with Gasteiger partial charge in [0.2, 0.25) is 0 Å². The van der Waals surface area contributed by atoms with Crippen LogP contribution >= 0.6 is 0 Å². The third-order valence-electron chi connectivity index (χ3n) is 5.59. The molecule has 1 radical (unpaired) electrons. The summed E-state index contributed by atoms with van der Waals surface area (Å²) >= 11 is 0. The molecule has 1 aliphatic rings. The maximum Gasteiger partial charge on any atom is 0.306 e. The van der Waals surface area contributed by atoms with Crippen molar-refractivity contribution in [3.05, 3.63) is 0 Å². The molecule has 0 aromatic heterocycles. The average Bonchev–Trinajstić information content (AvgIpc) is 2.53. The lowest BCUT2D eigenvalue weighted by atomic mass is 9.80. The molecular weight excluding hydrogens is 326 g/mol. The summed E-state index contributed by atoms with van der Waals surface area (Å²) in [5, 5.41) is 13.5. The molecule has 0 spiro atoms. The van der Waals surface area contributed by atoms with Crippen LogP contribution in [-0.2, 0) is 14.7 Å². The molecule has 4 nitrogen and oxygen atoms in total. The van der Waals surface area contributed by atoms with Gasteiger partial charge >= 0.3 is 5.97 Å². The predicted molar refractivity (Wildman–Crippen MR) is 106 cm³/mol. The number of hydroxylamine groups is 2. The van der Waals surface area contributed by atoms with E-state index in [1.807, 2.05) is 27.7 Å². The number of unbranched alkanes of at least 4 members (excludes halogenated alkanes) is 9. The fourth-order valence-corrected chi connectivity index (χ4v) is 4.26. The topological polar surface area (TPSA) is 49.4 Å². The third kappa shape index (κ3) is 8.39. The number of hydrogen-bond donors (Lipinski definition) is 0. The van der Waals surface area contributed by atoms with Crippen LogP contribution < -0.4 is 0 Å². The van der Waals surface area contributed by atoms with Gasteiger partial charge in [-0.15, -0.1) is 10.3 Å². The van der Waals surface area contributed by atoms with Crippen molar-refractivity contribution in [2.45, 2.75) is 135 Å². The number of carbonyl (C=O) groups is 1. The molecule has 1 saturated heterocycles. The molecule has 0 saturated carbocycles. The Morgan fingerprint density at radius 1 is 0.846 bits per heavy atom. The summed E-state index contributed by atoms with van der Waals surface area (Å²) in [5.74, 6) is -0.0967. The second-order valence-electron chi connectivity index (χ2n) is 9.37. The first kappa shape index (κ1) is 23.4.